The molecule has 5 rings (SSSR count). The largest absolute Gasteiger partial charge is 0.312 e. The number of benzene rings is 1. The van der Waals surface area contributed by atoms with Gasteiger partial charge in [-0.3, -0.25) is 9.69 Å². The molecular weight excluding hydrogens is 376 g/mol. The Hall–Kier alpha value is -2.17. The fourth-order valence-electron chi connectivity index (χ4n) is 4.47. The Labute approximate surface area is 176 Å². The van der Waals surface area contributed by atoms with Crippen LogP contribution in [0.25, 0.3) is 0 Å². The number of hydrogen-bond donors (Lipinski definition) is 0. The van der Waals surface area contributed by atoms with E-state index in [0.717, 1.165) is 51.0 Å². The van der Waals surface area contributed by atoms with E-state index in [4.69, 9.17) is 0 Å². The highest BCUT2D eigenvalue weighted by Crippen LogP contribution is 2.32. The Bertz CT molecular complexity index is 1020. The first-order valence-corrected chi connectivity index (χ1v) is 11.7. The Kier molecular flexibility index (Phi) is 5.38. The van der Waals surface area contributed by atoms with Gasteiger partial charge in [-0.15, -0.1) is 0 Å². The van der Waals surface area contributed by atoms with Crippen molar-refractivity contribution in [2.45, 2.75) is 51.7 Å². The molecule has 0 amide bonds. The van der Waals surface area contributed by atoms with Gasteiger partial charge in [0.15, 0.2) is 0 Å². The maximum Gasteiger partial charge on any atom is 0.253 e. The minimum atomic E-state index is 0.262. The number of thiophene rings is 1. The van der Waals surface area contributed by atoms with Crippen molar-refractivity contribution in [1.29, 1.82) is 0 Å². The summed E-state index contributed by atoms with van der Waals surface area (Å²) in [4.78, 5) is 15.8. The van der Waals surface area contributed by atoms with Gasteiger partial charge in [0.2, 0.25) is 0 Å². The topological polar surface area (TPSA) is 25.2 Å². The third kappa shape index (κ3) is 4.39. The molecule has 150 valence electrons. The predicted octanol–water partition coefficient (Wildman–Crippen LogP) is 4.66. The molecule has 0 saturated heterocycles. The van der Waals surface area contributed by atoms with Crippen LogP contribution in [0.5, 0.6) is 0 Å². The maximum absolute atomic E-state index is 13.3. The molecule has 0 atom stereocenters. The highest BCUT2D eigenvalue weighted by atomic mass is 32.1. The van der Waals surface area contributed by atoms with E-state index in [0.29, 0.717) is 5.92 Å². The quantitative estimate of drug-likeness (QED) is 0.572. The van der Waals surface area contributed by atoms with Crippen LogP contribution in [0, 0.1) is 5.92 Å². The Morgan fingerprint density at radius 3 is 2.66 bits per heavy atom. The van der Waals surface area contributed by atoms with E-state index in [-0.39, 0.29) is 5.56 Å². The van der Waals surface area contributed by atoms with Crippen molar-refractivity contribution >= 4 is 11.3 Å². The van der Waals surface area contributed by atoms with E-state index in [1.807, 2.05) is 6.07 Å². The van der Waals surface area contributed by atoms with Gasteiger partial charge in [-0.1, -0.05) is 30.3 Å². The van der Waals surface area contributed by atoms with E-state index in [1.165, 1.54) is 35.2 Å². The van der Waals surface area contributed by atoms with Gasteiger partial charge in [0.1, 0.15) is 0 Å². The van der Waals surface area contributed by atoms with Crippen molar-refractivity contribution in [1.82, 2.24) is 9.47 Å². The normalized spacial score (nSPS) is 16.7. The smallest absolute Gasteiger partial charge is 0.253 e. The summed E-state index contributed by atoms with van der Waals surface area (Å²) in [5, 5.41) is 4.40. The molecule has 0 spiro atoms. The molecule has 0 radical (unpaired) electrons. The molecule has 3 nitrogen and oxygen atoms in total. The molecule has 3 heterocycles. The van der Waals surface area contributed by atoms with Crippen LogP contribution in [0.4, 0.5) is 0 Å². The van der Waals surface area contributed by atoms with Crippen LogP contribution in [-0.2, 0) is 38.9 Å². The summed E-state index contributed by atoms with van der Waals surface area (Å²) < 4.78 is 2.15. The summed E-state index contributed by atoms with van der Waals surface area (Å²) in [6.07, 6.45) is 5.29. The molecule has 0 bridgehead atoms. The number of aromatic nitrogens is 1. The minimum absolute atomic E-state index is 0.262. The fourth-order valence-corrected chi connectivity index (χ4v) is 5.13. The summed E-state index contributed by atoms with van der Waals surface area (Å²) in [6.45, 7) is 3.92. The lowest BCUT2D eigenvalue weighted by molar-refractivity contribution is 0.239. The minimum Gasteiger partial charge on any atom is -0.312 e. The van der Waals surface area contributed by atoms with Crippen molar-refractivity contribution in [3.05, 3.63) is 91.5 Å². The first kappa shape index (κ1) is 18.8. The zero-order valence-electron chi connectivity index (χ0n) is 16.8. The lowest BCUT2D eigenvalue weighted by atomic mass is 9.98. The number of rotatable bonds is 7. The van der Waals surface area contributed by atoms with Crippen LogP contribution in [-0.4, -0.2) is 16.0 Å². The van der Waals surface area contributed by atoms with Crippen LogP contribution < -0.4 is 5.56 Å². The first-order valence-electron chi connectivity index (χ1n) is 10.8. The van der Waals surface area contributed by atoms with Crippen molar-refractivity contribution in [2.75, 3.05) is 6.54 Å². The van der Waals surface area contributed by atoms with Crippen LogP contribution in [0.1, 0.15) is 40.8 Å². The molecule has 4 heteroatoms. The van der Waals surface area contributed by atoms with Crippen LogP contribution in [0.3, 0.4) is 0 Å². The number of hydrogen-bond acceptors (Lipinski definition) is 3. The second-order valence-corrected chi connectivity index (χ2v) is 9.36. The fraction of sp³-hybridized carbons (Fsp3) is 0.400. The number of aryl methyl sites for hydroxylation is 2. The Morgan fingerprint density at radius 2 is 1.90 bits per heavy atom. The maximum atomic E-state index is 13.3. The summed E-state index contributed by atoms with van der Waals surface area (Å²) in [5.74, 6) is 0.713. The lowest BCUT2D eigenvalue weighted by Crippen LogP contribution is -2.37. The Balaban J connectivity index is 1.42. The molecule has 2 aliphatic rings. The van der Waals surface area contributed by atoms with Gasteiger partial charge in [0.05, 0.1) is 0 Å². The standard InChI is InChI=1S/C25H28N2OS/c28-25-22(9-8-19-4-2-1-3-5-19)14-23-17-26(15-21-11-13-29-18-21)12-10-24(23)27(25)16-20-6-7-20/h1-5,11,13-14,18,20H,6-10,12,15-17H2. The van der Waals surface area contributed by atoms with Gasteiger partial charge in [0.25, 0.3) is 5.56 Å². The molecule has 1 aliphatic heterocycles. The van der Waals surface area contributed by atoms with Crippen molar-refractivity contribution in [3.8, 4) is 0 Å². The summed E-state index contributed by atoms with van der Waals surface area (Å²) in [6, 6.07) is 15.0. The first-order chi connectivity index (χ1) is 14.3. The predicted molar refractivity (Wildman–Crippen MR) is 119 cm³/mol. The monoisotopic (exact) mass is 404 g/mol. The zero-order chi connectivity index (χ0) is 19.6. The second kappa shape index (κ2) is 8.29. The van der Waals surface area contributed by atoms with Gasteiger partial charge in [0, 0.05) is 43.9 Å². The van der Waals surface area contributed by atoms with E-state index in [1.54, 1.807) is 11.3 Å². The third-order valence-electron chi connectivity index (χ3n) is 6.27. The van der Waals surface area contributed by atoms with Gasteiger partial charge < -0.3 is 4.57 Å². The highest BCUT2D eigenvalue weighted by Gasteiger charge is 2.27. The van der Waals surface area contributed by atoms with Crippen molar-refractivity contribution in [3.63, 3.8) is 0 Å². The van der Waals surface area contributed by atoms with E-state index < -0.39 is 0 Å². The number of fused-ring (bicyclic) bond motifs is 1. The van der Waals surface area contributed by atoms with Gasteiger partial charge >= 0.3 is 0 Å². The second-order valence-electron chi connectivity index (χ2n) is 8.58. The highest BCUT2D eigenvalue weighted by molar-refractivity contribution is 7.07. The Morgan fingerprint density at radius 1 is 1.03 bits per heavy atom. The number of pyridine rings is 1. The molecule has 29 heavy (non-hydrogen) atoms. The summed E-state index contributed by atoms with van der Waals surface area (Å²) in [5.41, 5.74) is 6.62. The van der Waals surface area contributed by atoms with Crippen LogP contribution >= 0.6 is 11.3 Å². The van der Waals surface area contributed by atoms with E-state index >= 15 is 0 Å². The summed E-state index contributed by atoms with van der Waals surface area (Å²) >= 11 is 1.77. The molecule has 1 aromatic carbocycles. The van der Waals surface area contributed by atoms with Crippen molar-refractivity contribution in [2.24, 2.45) is 5.92 Å². The van der Waals surface area contributed by atoms with Gasteiger partial charge in [-0.2, -0.15) is 11.3 Å². The van der Waals surface area contributed by atoms with Crippen LogP contribution in [0.15, 0.2) is 58.0 Å². The lowest BCUT2D eigenvalue weighted by Gasteiger charge is -2.31. The third-order valence-corrected chi connectivity index (χ3v) is 7.01. The molecule has 0 N–H and O–H groups in total. The SMILES string of the molecule is O=c1c(CCc2ccccc2)cc2c(n1CC1CC1)CCN(Cc1ccsc1)C2. The molecular formula is C25H28N2OS. The van der Waals surface area contributed by atoms with Crippen molar-refractivity contribution < 1.29 is 0 Å². The summed E-state index contributed by atoms with van der Waals surface area (Å²) in [7, 11) is 0. The average molecular weight is 405 g/mol. The average Bonchev–Trinajstić information content (AvgIpc) is 3.42. The van der Waals surface area contributed by atoms with Gasteiger partial charge in [-0.25, -0.2) is 0 Å². The van der Waals surface area contributed by atoms with E-state index in [9.17, 15) is 4.79 Å². The molecule has 0 unspecified atom stereocenters. The van der Waals surface area contributed by atoms with Crippen LogP contribution in [0.2, 0.25) is 0 Å². The molecule has 1 fully saturated rings. The van der Waals surface area contributed by atoms with E-state index in [2.05, 4.69) is 56.6 Å². The molecule has 1 aliphatic carbocycles. The molecule has 2 aromatic heterocycles. The number of nitrogens with zero attached hydrogens (tertiary/aromatic N) is 2. The molecule has 1 saturated carbocycles. The van der Waals surface area contributed by atoms with Gasteiger partial charge in [-0.05, 0) is 71.2 Å². The zero-order valence-corrected chi connectivity index (χ0v) is 17.7. The molecule has 3 aromatic rings.